The molecule has 1 aliphatic rings. The van der Waals surface area contributed by atoms with Crippen LogP contribution >= 0.6 is 0 Å². The van der Waals surface area contributed by atoms with E-state index in [9.17, 15) is 4.79 Å². The van der Waals surface area contributed by atoms with Gasteiger partial charge < -0.3 is 15.4 Å². The van der Waals surface area contributed by atoms with Crippen molar-refractivity contribution in [3.63, 3.8) is 0 Å². The molecule has 0 spiro atoms. The van der Waals surface area contributed by atoms with Gasteiger partial charge in [0, 0.05) is 30.2 Å². The maximum Gasteiger partial charge on any atom is 0.227 e. The molecule has 3 N–H and O–H groups in total. The molecule has 0 bridgehead atoms. The Kier molecular flexibility index (Phi) is 4.24. The van der Waals surface area contributed by atoms with Gasteiger partial charge in [-0.05, 0) is 13.8 Å². The highest BCUT2D eigenvalue weighted by atomic mass is 16.5. The lowest BCUT2D eigenvalue weighted by Crippen LogP contribution is -2.43. The molecule has 122 valence electrons. The van der Waals surface area contributed by atoms with Gasteiger partial charge in [0.05, 0.1) is 25.3 Å². The first kappa shape index (κ1) is 15.4. The van der Waals surface area contributed by atoms with Gasteiger partial charge in [0.2, 0.25) is 5.91 Å². The van der Waals surface area contributed by atoms with Crippen LogP contribution in [0.1, 0.15) is 28.7 Å². The molecule has 8 nitrogen and oxygen atoms in total. The number of H-pyrrole nitrogens is 1. The van der Waals surface area contributed by atoms with Gasteiger partial charge in [-0.25, -0.2) is 4.98 Å². The molecule has 1 unspecified atom stereocenters. The molecular weight excluding hydrogens is 296 g/mol. The number of carbonyl (C=O) groups is 1. The van der Waals surface area contributed by atoms with Crippen molar-refractivity contribution in [2.24, 2.45) is 0 Å². The van der Waals surface area contributed by atoms with E-state index in [0.29, 0.717) is 37.6 Å². The number of hydrogen-bond acceptors (Lipinski definition) is 6. The summed E-state index contributed by atoms with van der Waals surface area (Å²) in [5.74, 6) is 0.390. The number of rotatable bonds is 3. The molecule has 1 aliphatic heterocycles. The Hall–Kier alpha value is -2.48. The van der Waals surface area contributed by atoms with Crippen molar-refractivity contribution < 1.29 is 9.53 Å². The van der Waals surface area contributed by atoms with E-state index in [1.165, 1.54) is 6.20 Å². The summed E-state index contributed by atoms with van der Waals surface area (Å²) in [7, 11) is 0. The number of nitrogens with zero attached hydrogens (tertiary/aromatic N) is 4. The predicted molar refractivity (Wildman–Crippen MR) is 83.5 cm³/mol. The summed E-state index contributed by atoms with van der Waals surface area (Å²) < 4.78 is 5.71. The normalized spacial score (nSPS) is 18.2. The second kappa shape index (κ2) is 6.33. The number of nitrogens with two attached hydrogens (primary N) is 1. The van der Waals surface area contributed by atoms with E-state index in [-0.39, 0.29) is 12.0 Å². The average molecular weight is 316 g/mol. The predicted octanol–water partition coefficient (Wildman–Crippen LogP) is 0.541. The molecule has 0 radical (unpaired) electrons. The maximum absolute atomic E-state index is 12.6. The third-order valence-electron chi connectivity index (χ3n) is 4.09. The third-order valence-corrected chi connectivity index (χ3v) is 4.09. The highest BCUT2D eigenvalue weighted by Crippen LogP contribution is 2.24. The van der Waals surface area contributed by atoms with E-state index < -0.39 is 0 Å². The standard InChI is InChI=1S/C15H20N6O2/c1-9-11(10(2)20-19-9)7-13(22)21-5-6-23-12(8-21)14-15(16)18-4-3-17-14/h3-4,12H,5-8H2,1-2H3,(H2,16,18)(H,19,20). The van der Waals surface area contributed by atoms with Crippen LogP contribution in [-0.2, 0) is 16.0 Å². The van der Waals surface area contributed by atoms with E-state index in [1.807, 2.05) is 13.8 Å². The molecule has 2 aromatic heterocycles. The molecule has 0 aliphatic carbocycles. The van der Waals surface area contributed by atoms with Crippen LogP contribution in [0.2, 0.25) is 0 Å². The molecule has 1 fully saturated rings. The molecule has 1 atom stereocenters. The lowest BCUT2D eigenvalue weighted by atomic mass is 10.1. The van der Waals surface area contributed by atoms with Gasteiger partial charge in [0.15, 0.2) is 0 Å². The number of carbonyl (C=O) groups excluding carboxylic acids is 1. The number of nitrogens with one attached hydrogen (secondary N) is 1. The zero-order valence-corrected chi connectivity index (χ0v) is 13.2. The molecule has 23 heavy (non-hydrogen) atoms. The summed E-state index contributed by atoms with van der Waals surface area (Å²) in [6.07, 6.45) is 3.10. The first-order valence-electron chi connectivity index (χ1n) is 7.52. The summed E-state index contributed by atoms with van der Waals surface area (Å²) in [5.41, 5.74) is 9.18. The Morgan fingerprint density at radius 3 is 2.91 bits per heavy atom. The molecule has 1 amide bonds. The number of nitrogen functional groups attached to an aromatic ring is 1. The Morgan fingerprint density at radius 2 is 2.22 bits per heavy atom. The number of aromatic nitrogens is 4. The largest absolute Gasteiger partial charge is 0.382 e. The summed E-state index contributed by atoms with van der Waals surface area (Å²) in [6.45, 7) is 5.26. The smallest absolute Gasteiger partial charge is 0.227 e. The lowest BCUT2D eigenvalue weighted by molar-refractivity contribution is -0.138. The van der Waals surface area contributed by atoms with Crippen LogP contribution in [0.4, 0.5) is 5.82 Å². The number of amides is 1. The molecule has 1 saturated heterocycles. The van der Waals surface area contributed by atoms with Crippen molar-refractivity contribution in [1.82, 2.24) is 25.1 Å². The van der Waals surface area contributed by atoms with Crippen molar-refractivity contribution >= 4 is 11.7 Å². The Morgan fingerprint density at radius 1 is 1.43 bits per heavy atom. The van der Waals surface area contributed by atoms with Gasteiger partial charge in [0.1, 0.15) is 17.6 Å². The quantitative estimate of drug-likeness (QED) is 0.855. The van der Waals surface area contributed by atoms with Crippen LogP contribution < -0.4 is 5.73 Å². The summed E-state index contributed by atoms with van der Waals surface area (Å²) in [6, 6.07) is 0. The highest BCUT2D eigenvalue weighted by molar-refractivity contribution is 5.79. The van der Waals surface area contributed by atoms with E-state index in [1.54, 1.807) is 11.1 Å². The minimum absolute atomic E-state index is 0.0494. The van der Waals surface area contributed by atoms with Crippen molar-refractivity contribution in [3.05, 3.63) is 35.0 Å². The molecule has 2 aromatic rings. The van der Waals surface area contributed by atoms with Crippen LogP contribution in [-0.4, -0.2) is 50.7 Å². The summed E-state index contributed by atoms with van der Waals surface area (Å²) in [4.78, 5) is 22.6. The van der Waals surface area contributed by atoms with Gasteiger partial charge in [-0.1, -0.05) is 0 Å². The van der Waals surface area contributed by atoms with E-state index >= 15 is 0 Å². The van der Waals surface area contributed by atoms with Crippen LogP contribution in [0.25, 0.3) is 0 Å². The first-order valence-corrected chi connectivity index (χ1v) is 7.52. The molecule has 3 rings (SSSR count). The monoisotopic (exact) mass is 316 g/mol. The number of anilines is 1. The summed E-state index contributed by atoms with van der Waals surface area (Å²) in [5, 5.41) is 7.04. The van der Waals surface area contributed by atoms with Gasteiger partial charge >= 0.3 is 0 Å². The van der Waals surface area contributed by atoms with Crippen LogP contribution in [0.15, 0.2) is 12.4 Å². The number of aromatic amines is 1. The van der Waals surface area contributed by atoms with Crippen molar-refractivity contribution in [2.45, 2.75) is 26.4 Å². The van der Waals surface area contributed by atoms with E-state index in [4.69, 9.17) is 10.5 Å². The van der Waals surface area contributed by atoms with Crippen LogP contribution in [0.3, 0.4) is 0 Å². The SMILES string of the molecule is Cc1n[nH]c(C)c1CC(=O)N1CCOC(c2nccnc2N)C1. The first-order chi connectivity index (χ1) is 11.1. The van der Waals surface area contributed by atoms with E-state index in [2.05, 4.69) is 20.2 Å². The second-order valence-corrected chi connectivity index (χ2v) is 5.62. The Bertz CT molecular complexity index is 694. The number of aryl methyl sites for hydroxylation is 2. The van der Waals surface area contributed by atoms with Gasteiger partial charge in [0.25, 0.3) is 0 Å². The van der Waals surface area contributed by atoms with Gasteiger partial charge in [-0.15, -0.1) is 0 Å². The second-order valence-electron chi connectivity index (χ2n) is 5.62. The Labute approximate surface area is 134 Å². The summed E-state index contributed by atoms with van der Waals surface area (Å²) >= 11 is 0. The highest BCUT2D eigenvalue weighted by Gasteiger charge is 2.28. The number of morpholine rings is 1. The molecule has 0 aromatic carbocycles. The molecule has 8 heteroatoms. The van der Waals surface area contributed by atoms with Crippen molar-refractivity contribution in [1.29, 1.82) is 0 Å². The zero-order chi connectivity index (χ0) is 16.4. The van der Waals surface area contributed by atoms with Crippen molar-refractivity contribution in [2.75, 3.05) is 25.4 Å². The van der Waals surface area contributed by atoms with E-state index in [0.717, 1.165) is 17.0 Å². The Balaban J connectivity index is 1.71. The maximum atomic E-state index is 12.6. The zero-order valence-electron chi connectivity index (χ0n) is 13.2. The van der Waals surface area contributed by atoms with Gasteiger partial charge in [-0.2, -0.15) is 5.10 Å². The fourth-order valence-corrected chi connectivity index (χ4v) is 2.75. The van der Waals surface area contributed by atoms with Crippen LogP contribution in [0.5, 0.6) is 0 Å². The van der Waals surface area contributed by atoms with Gasteiger partial charge in [-0.3, -0.25) is 14.9 Å². The average Bonchev–Trinajstić information content (AvgIpc) is 2.87. The fraction of sp³-hybridized carbons (Fsp3) is 0.467. The lowest BCUT2D eigenvalue weighted by Gasteiger charge is -2.33. The molecular formula is C15H20N6O2. The topological polar surface area (TPSA) is 110 Å². The minimum atomic E-state index is -0.340. The fourth-order valence-electron chi connectivity index (χ4n) is 2.75. The minimum Gasteiger partial charge on any atom is -0.382 e. The number of hydrogen-bond donors (Lipinski definition) is 2. The van der Waals surface area contributed by atoms with Crippen LogP contribution in [0, 0.1) is 13.8 Å². The number of ether oxygens (including phenoxy) is 1. The van der Waals surface area contributed by atoms with Crippen molar-refractivity contribution in [3.8, 4) is 0 Å². The third kappa shape index (κ3) is 3.16. The molecule has 3 heterocycles. The molecule has 0 saturated carbocycles.